The van der Waals surface area contributed by atoms with Crippen LogP contribution in [0.1, 0.15) is 29.6 Å². The van der Waals surface area contributed by atoms with E-state index in [1.165, 1.54) is 6.07 Å². The zero-order valence-corrected chi connectivity index (χ0v) is 10.6. The number of nitrogens with one attached hydrogen (secondary N) is 1. The SMILES string of the molecule is O=C(NCC1CCC(O)C1)c1cccc(B(O)O)c1. The average Bonchev–Trinajstić information content (AvgIpc) is 2.82. The second kappa shape index (κ2) is 6.19. The molecule has 1 aromatic carbocycles. The number of aliphatic hydroxyl groups is 1. The van der Waals surface area contributed by atoms with Crippen molar-refractivity contribution in [1.29, 1.82) is 0 Å². The van der Waals surface area contributed by atoms with Gasteiger partial charge in [0.25, 0.3) is 5.91 Å². The second-order valence-electron chi connectivity index (χ2n) is 5.04. The van der Waals surface area contributed by atoms with Gasteiger partial charge in [-0.2, -0.15) is 0 Å². The van der Waals surface area contributed by atoms with Crippen molar-refractivity contribution < 1.29 is 19.9 Å². The molecule has 0 spiro atoms. The highest BCUT2D eigenvalue weighted by Gasteiger charge is 2.23. The molecule has 0 saturated heterocycles. The molecule has 0 aliphatic heterocycles. The molecule has 5 nitrogen and oxygen atoms in total. The van der Waals surface area contributed by atoms with Gasteiger partial charge in [-0.05, 0) is 42.8 Å². The average molecular weight is 263 g/mol. The van der Waals surface area contributed by atoms with Crippen molar-refractivity contribution in [2.24, 2.45) is 5.92 Å². The lowest BCUT2D eigenvalue weighted by atomic mass is 9.79. The molecule has 2 unspecified atom stereocenters. The summed E-state index contributed by atoms with van der Waals surface area (Å²) in [7, 11) is -1.57. The summed E-state index contributed by atoms with van der Waals surface area (Å²) in [5.74, 6) is 0.0921. The van der Waals surface area contributed by atoms with Gasteiger partial charge in [0.2, 0.25) is 0 Å². The van der Waals surface area contributed by atoms with Crippen LogP contribution in [0.15, 0.2) is 24.3 Å². The zero-order valence-electron chi connectivity index (χ0n) is 10.6. The van der Waals surface area contributed by atoms with E-state index >= 15 is 0 Å². The smallest absolute Gasteiger partial charge is 0.423 e. The lowest BCUT2D eigenvalue weighted by molar-refractivity contribution is 0.0945. The molecule has 0 bridgehead atoms. The highest BCUT2D eigenvalue weighted by molar-refractivity contribution is 6.58. The fourth-order valence-electron chi connectivity index (χ4n) is 2.41. The molecule has 1 amide bonds. The van der Waals surface area contributed by atoms with E-state index in [1.54, 1.807) is 18.2 Å². The molecule has 0 aromatic heterocycles. The van der Waals surface area contributed by atoms with Gasteiger partial charge < -0.3 is 20.5 Å². The standard InChI is InChI=1S/C13H18BNO4/c16-12-5-4-9(6-12)8-15-13(17)10-2-1-3-11(7-10)14(18)19/h1-3,7,9,12,16,18-19H,4-6,8H2,(H,15,17). The van der Waals surface area contributed by atoms with Crippen LogP contribution in [0.3, 0.4) is 0 Å². The molecule has 0 radical (unpaired) electrons. The van der Waals surface area contributed by atoms with Crippen molar-refractivity contribution in [1.82, 2.24) is 5.32 Å². The Balaban J connectivity index is 1.90. The summed E-state index contributed by atoms with van der Waals surface area (Å²) in [6.07, 6.45) is 2.22. The van der Waals surface area contributed by atoms with Gasteiger partial charge in [-0.3, -0.25) is 4.79 Å². The van der Waals surface area contributed by atoms with E-state index in [2.05, 4.69) is 5.32 Å². The first kappa shape index (κ1) is 14.1. The molecule has 2 rings (SSSR count). The number of aliphatic hydroxyl groups excluding tert-OH is 1. The molecular formula is C13H18BNO4. The van der Waals surface area contributed by atoms with E-state index < -0.39 is 7.12 Å². The van der Waals surface area contributed by atoms with E-state index in [-0.39, 0.29) is 12.0 Å². The minimum atomic E-state index is -1.57. The van der Waals surface area contributed by atoms with Crippen molar-refractivity contribution in [3.8, 4) is 0 Å². The summed E-state index contributed by atoms with van der Waals surface area (Å²) >= 11 is 0. The maximum absolute atomic E-state index is 11.9. The maximum atomic E-state index is 11.9. The van der Waals surface area contributed by atoms with Crippen LogP contribution >= 0.6 is 0 Å². The van der Waals surface area contributed by atoms with Gasteiger partial charge in [0.05, 0.1) is 6.10 Å². The Bertz CT molecular complexity index is 452. The van der Waals surface area contributed by atoms with Gasteiger partial charge >= 0.3 is 7.12 Å². The van der Waals surface area contributed by atoms with E-state index in [9.17, 15) is 9.90 Å². The summed E-state index contributed by atoms with van der Waals surface area (Å²) in [6.45, 7) is 0.543. The highest BCUT2D eigenvalue weighted by atomic mass is 16.4. The summed E-state index contributed by atoms with van der Waals surface area (Å²) in [5.41, 5.74) is 0.702. The van der Waals surface area contributed by atoms with Gasteiger partial charge in [-0.15, -0.1) is 0 Å². The van der Waals surface area contributed by atoms with Crippen LogP contribution in [0.4, 0.5) is 0 Å². The molecule has 19 heavy (non-hydrogen) atoms. The predicted octanol–water partition coefficient (Wildman–Crippen LogP) is -0.743. The lowest BCUT2D eigenvalue weighted by Crippen LogP contribution is -2.33. The Kier molecular flexibility index (Phi) is 4.58. The van der Waals surface area contributed by atoms with Gasteiger partial charge in [-0.25, -0.2) is 0 Å². The molecule has 1 fully saturated rings. The lowest BCUT2D eigenvalue weighted by Gasteiger charge is -2.11. The second-order valence-corrected chi connectivity index (χ2v) is 5.04. The zero-order chi connectivity index (χ0) is 13.8. The summed E-state index contributed by atoms with van der Waals surface area (Å²) in [4.78, 5) is 11.9. The third kappa shape index (κ3) is 3.80. The molecule has 6 heteroatoms. The van der Waals surface area contributed by atoms with Crippen molar-refractivity contribution >= 4 is 18.5 Å². The Hall–Kier alpha value is -1.37. The molecule has 102 valence electrons. The molecule has 2 atom stereocenters. The Labute approximate surface area is 112 Å². The molecular weight excluding hydrogens is 245 g/mol. The third-order valence-electron chi connectivity index (χ3n) is 3.51. The van der Waals surface area contributed by atoms with Crippen LogP contribution in [0.2, 0.25) is 0 Å². The monoisotopic (exact) mass is 263 g/mol. The van der Waals surface area contributed by atoms with Crippen molar-refractivity contribution in [2.75, 3.05) is 6.54 Å². The number of rotatable bonds is 4. The quantitative estimate of drug-likeness (QED) is 0.538. The van der Waals surface area contributed by atoms with Crippen LogP contribution in [-0.2, 0) is 0 Å². The first-order valence-electron chi connectivity index (χ1n) is 6.48. The van der Waals surface area contributed by atoms with Gasteiger partial charge in [0.1, 0.15) is 0 Å². The number of hydrogen-bond acceptors (Lipinski definition) is 4. The van der Waals surface area contributed by atoms with E-state index in [0.29, 0.717) is 23.5 Å². The molecule has 1 aliphatic carbocycles. The number of benzene rings is 1. The van der Waals surface area contributed by atoms with Crippen molar-refractivity contribution in [3.05, 3.63) is 29.8 Å². The van der Waals surface area contributed by atoms with E-state index in [4.69, 9.17) is 10.0 Å². The number of hydrogen-bond donors (Lipinski definition) is 4. The van der Waals surface area contributed by atoms with Crippen LogP contribution in [0.25, 0.3) is 0 Å². The summed E-state index contributed by atoms with van der Waals surface area (Å²) in [6, 6.07) is 6.26. The number of carbonyl (C=O) groups excluding carboxylic acids is 1. The first-order valence-corrected chi connectivity index (χ1v) is 6.48. The van der Waals surface area contributed by atoms with Gasteiger partial charge in [-0.1, -0.05) is 12.1 Å². The largest absolute Gasteiger partial charge is 0.488 e. The number of carbonyl (C=O) groups is 1. The van der Waals surface area contributed by atoms with Gasteiger partial charge in [0.15, 0.2) is 0 Å². The molecule has 1 aromatic rings. The van der Waals surface area contributed by atoms with Crippen molar-refractivity contribution in [3.63, 3.8) is 0 Å². The Morgan fingerprint density at radius 3 is 2.79 bits per heavy atom. The van der Waals surface area contributed by atoms with E-state index in [1.807, 2.05) is 0 Å². The predicted molar refractivity (Wildman–Crippen MR) is 71.9 cm³/mol. The normalized spacial score (nSPS) is 22.3. The minimum Gasteiger partial charge on any atom is -0.423 e. The highest BCUT2D eigenvalue weighted by Crippen LogP contribution is 2.24. The first-order chi connectivity index (χ1) is 9.06. The van der Waals surface area contributed by atoms with Crippen LogP contribution in [0.5, 0.6) is 0 Å². The van der Waals surface area contributed by atoms with Crippen LogP contribution < -0.4 is 10.8 Å². The van der Waals surface area contributed by atoms with Crippen LogP contribution in [-0.4, -0.2) is 40.8 Å². The molecule has 0 heterocycles. The molecule has 1 saturated carbocycles. The van der Waals surface area contributed by atoms with E-state index in [0.717, 1.165) is 19.3 Å². The Morgan fingerprint density at radius 1 is 1.37 bits per heavy atom. The Morgan fingerprint density at radius 2 is 2.16 bits per heavy atom. The third-order valence-corrected chi connectivity index (χ3v) is 3.51. The minimum absolute atomic E-state index is 0.233. The fraction of sp³-hybridized carbons (Fsp3) is 0.462. The summed E-state index contributed by atoms with van der Waals surface area (Å²) < 4.78 is 0. The molecule has 1 aliphatic rings. The fourth-order valence-corrected chi connectivity index (χ4v) is 2.41. The summed E-state index contributed by atoms with van der Waals surface area (Å²) in [5, 5.41) is 30.3. The maximum Gasteiger partial charge on any atom is 0.488 e. The van der Waals surface area contributed by atoms with Crippen molar-refractivity contribution in [2.45, 2.75) is 25.4 Å². The topological polar surface area (TPSA) is 89.8 Å². The molecule has 4 N–H and O–H groups in total. The number of amides is 1. The van der Waals surface area contributed by atoms with Crippen LogP contribution in [0, 0.1) is 5.92 Å². The van der Waals surface area contributed by atoms with Gasteiger partial charge in [0, 0.05) is 12.1 Å².